The van der Waals surface area contributed by atoms with Gasteiger partial charge in [-0.25, -0.2) is 4.79 Å². The summed E-state index contributed by atoms with van der Waals surface area (Å²) in [6.45, 7) is 3.78. The van der Waals surface area contributed by atoms with Gasteiger partial charge in [-0.05, 0) is 25.5 Å². The van der Waals surface area contributed by atoms with E-state index in [0.717, 1.165) is 5.56 Å². The molecule has 1 aromatic carbocycles. The number of para-hydroxylation sites is 1. The van der Waals surface area contributed by atoms with E-state index < -0.39 is 11.6 Å². The Bertz CT molecular complexity index is 389. The highest BCUT2D eigenvalue weighted by Crippen LogP contribution is 2.24. The van der Waals surface area contributed by atoms with E-state index in [1.54, 1.807) is 13.0 Å². The average Bonchev–Trinajstić information content (AvgIpc) is 2.29. The van der Waals surface area contributed by atoms with Crippen molar-refractivity contribution in [2.75, 3.05) is 13.7 Å². The Labute approximate surface area is 101 Å². The SMILES string of the molecule is COCCC(C)(Oc1ccccc1C)C(=O)O. The molecule has 94 valence electrons. The number of aryl methyl sites for hydroxylation is 1. The first kappa shape index (κ1) is 13.5. The normalized spacial score (nSPS) is 14.1. The first-order valence-corrected chi connectivity index (χ1v) is 5.46. The number of aliphatic carboxylic acids is 1. The fourth-order valence-corrected chi connectivity index (χ4v) is 1.41. The Morgan fingerprint density at radius 2 is 2.06 bits per heavy atom. The molecule has 1 N–H and O–H groups in total. The van der Waals surface area contributed by atoms with Crippen molar-refractivity contribution in [3.8, 4) is 5.75 Å². The molecule has 0 fully saturated rings. The molecule has 1 atom stereocenters. The highest BCUT2D eigenvalue weighted by atomic mass is 16.5. The van der Waals surface area contributed by atoms with Crippen LogP contribution < -0.4 is 4.74 Å². The van der Waals surface area contributed by atoms with E-state index in [2.05, 4.69) is 0 Å². The maximum Gasteiger partial charge on any atom is 0.347 e. The van der Waals surface area contributed by atoms with Crippen LogP contribution in [0, 0.1) is 6.92 Å². The lowest BCUT2D eigenvalue weighted by molar-refractivity contribution is -0.155. The van der Waals surface area contributed by atoms with Gasteiger partial charge in [0.05, 0.1) is 6.61 Å². The van der Waals surface area contributed by atoms with Crippen LogP contribution in [0.1, 0.15) is 18.9 Å². The zero-order chi connectivity index (χ0) is 12.9. The quantitative estimate of drug-likeness (QED) is 0.825. The standard InChI is InChI=1S/C13H18O4/c1-10-6-4-5-7-11(10)17-13(2,12(14)15)8-9-16-3/h4-7H,8-9H2,1-3H3,(H,14,15). The first-order valence-electron chi connectivity index (χ1n) is 5.46. The molecule has 0 spiro atoms. The van der Waals surface area contributed by atoms with E-state index in [1.165, 1.54) is 7.11 Å². The van der Waals surface area contributed by atoms with Crippen LogP contribution in [0.25, 0.3) is 0 Å². The van der Waals surface area contributed by atoms with E-state index in [1.807, 2.05) is 25.1 Å². The fourth-order valence-electron chi connectivity index (χ4n) is 1.41. The molecule has 4 heteroatoms. The number of rotatable bonds is 6. The summed E-state index contributed by atoms with van der Waals surface area (Å²) < 4.78 is 10.5. The van der Waals surface area contributed by atoms with Crippen molar-refractivity contribution in [3.05, 3.63) is 29.8 Å². The molecule has 0 bridgehead atoms. The number of ether oxygens (including phenoxy) is 2. The first-order chi connectivity index (χ1) is 7.99. The Balaban J connectivity index is 2.87. The average molecular weight is 238 g/mol. The number of carbonyl (C=O) groups is 1. The van der Waals surface area contributed by atoms with Crippen molar-refractivity contribution in [2.24, 2.45) is 0 Å². The van der Waals surface area contributed by atoms with E-state index in [-0.39, 0.29) is 0 Å². The zero-order valence-electron chi connectivity index (χ0n) is 10.4. The van der Waals surface area contributed by atoms with Gasteiger partial charge in [-0.2, -0.15) is 0 Å². The number of hydrogen-bond acceptors (Lipinski definition) is 3. The molecule has 17 heavy (non-hydrogen) atoms. The molecule has 0 heterocycles. The Kier molecular flexibility index (Phi) is 4.52. The van der Waals surface area contributed by atoms with Gasteiger partial charge in [0.25, 0.3) is 0 Å². The third-order valence-electron chi connectivity index (χ3n) is 2.66. The van der Waals surface area contributed by atoms with Crippen LogP contribution in [0.5, 0.6) is 5.75 Å². The molecule has 0 aliphatic carbocycles. The fraction of sp³-hybridized carbons (Fsp3) is 0.462. The minimum absolute atomic E-state index is 0.299. The van der Waals surface area contributed by atoms with E-state index in [4.69, 9.17) is 9.47 Å². The summed E-state index contributed by atoms with van der Waals surface area (Å²) in [7, 11) is 1.54. The number of benzene rings is 1. The Morgan fingerprint density at radius 1 is 1.41 bits per heavy atom. The third-order valence-corrected chi connectivity index (χ3v) is 2.66. The van der Waals surface area contributed by atoms with Crippen molar-refractivity contribution in [1.29, 1.82) is 0 Å². The maximum absolute atomic E-state index is 11.3. The molecule has 1 rings (SSSR count). The van der Waals surface area contributed by atoms with Gasteiger partial charge in [0.2, 0.25) is 5.60 Å². The van der Waals surface area contributed by atoms with Crippen LogP contribution in [0.3, 0.4) is 0 Å². The Morgan fingerprint density at radius 3 is 2.59 bits per heavy atom. The van der Waals surface area contributed by atoms with Gasteiger partial charge in [0.15, 0.2) is 0 Å². The van der Waals surface area contributed by atoms with Gasteiger partial charge in [-0.3, -0.25) is 0 Å². The highest BCUT2D eigenvalue weighted by molar-refractivity contribution is 5.77. The molecule has 4 nitrogen and oxygen atoms in total. The van der Waals surface area contributed by atoms with Crippen molar-refractivity contribution in [2.45, 2.75) is 25.9 Å². The van der Waals surface area contributed by atoms with E-state index in [0.29, 0.717) is 18.8 Å². The minimum atomic E-state index is -1.26. The van der Waals surface area contributed by atoms with E-state index in [9.17, 15) is 9.90 Å². The third kappa shape index (κ3) is 3.46. The van der Waals surface area contributed by atoms with Crippen molar-refractivity contribution < 1.29 is 19.4 Å². The number of carboxylic acids is 1. The number of hydrogen-bond donors (Lipinski definition) is 1. The summed E-state index contributed by atoms with van der Waals surface area (Å²) in [5.41, 5.74) is -0.348. The van der Waals surface area contributed by atoms with Gasteiger partial charge in [0.1, 0.15) is 5.75 Å². The topological polar surface area (TPSA) is 55.8 Å². The smallest absolute Gasteiger partial charge is 0.347 e. The summed E-state index contributed by atoms with van der Waals surface area (Å²) in [6, 6.07) is 7.35. The predicted octanol–water partition coefficient (Wildman–Crippen LogP) is 2.25. The monoisotopic (exact) mass is 238 g/mol. The summed E-state index contributed by atoms with van der Waals surface area (Å²) >= 11 is 0. The van der Waals surface area contributed by atoms with Crippen LogP contribution in [0.2, 0.25) is 0 Å². The van der Waals surface area contributed by atoms with Crippen LogP contribution >= 0.6 is 0 Å². The molecular formula is C13H18O4. The summed E-state index contributed by atoms with van der Waals surface area (Å²) in [5, 5.41) is 9.23. The largest absolute Gasteiger partial charge is 0.478 e. The van der Waals surface area contributed by atoms with Crippen LogP contribution in [0.4, 0.5) is 0 Å². The molecule has 0 saturated heterocycles. The van der Waals surface area contributed by atoms with Gasteiger partial charge in [-0.15, -0.1) is 0 Å². The second-order valence-electron chi connectivity index (χ2n) is 4.15. The molecule has 1 aromatic rings. The van der Waals surface area contributed by atoms with Gasteiger partial charge >= 0.3 is 5.97 Å². The molecular weight excluding hydrogens is 220 g/mol. The van der Waals surface area contributed by atoms with Crippen molar-refractivity contribution in [3.63, 3.8) is 0 Å². The Hall–Kier alpha value is -1.55. The van der Waals surface area contributed by atoms with Gasteiger partial charge < -0.3 is 14.6 Å². The molecule has 0 aliphatic rings. The molecule has 0 saturated carbocycles. The second kappa shape index (κ2) is 5.68. The van der Waals surface area contributed by atoms with Crippen LogP contribution in [-0.2, 0) is 9.53 Å². The minimum Gasteiger partial charge on any atom is -0.478 e. The summed E-state index contributed by atoms with van der Waals surface area (Å²) in [6.07, 6.45) is 0.299. The lowest BCUT2D eigenvalue weighted by Gasteiger charge is -2.26. The summed E-state index contributed by atoms with van der Waals surface area (Å²) in [5.74, 6) is -0.397. The molecule has 0 amide bonds. The molecule has 0 radical (unpaired) electrons. The van der Waals surface area contributed by atoms with Crippen LogP contribution in [-0.4, -0.2) is 30.4 Å². The van der Waals surface area contributed by atoms with Gasteiger partial charge in [-0.1, -0.05) is 18.2 Å². The molecule has 0 aliphatic heterocycles. The highest BCUT2D eigenvalue weighted by Gasteiger charge is 2.35. The van der Waals surface area contributed by atoms with Crippen molar-refractivity contribution >= 4 is 5.97 Å². The second-order valence-corrected chi connectivity index (χ2v) is 4.15. The molecule has 1 unspecified atom stereocenters. The maximum atomic E-state index is 11.3. The lowest BCUT2D eigenvalue weighted by Crippen LogP contribution is -2.42. The van der Waals surface area contributed by atoms with E-state index >= 15 is 0 Å². The lowest BCUT2D eigenvalue weighted by atomic mass is 10.0. The number of carboxylic acid groups (broad SMARTS) is 1. The van der Waals surface area contributed by atoms with Crippen LogP contribution in [0.15, 0.2) is 24.3 Å². The zero-order valence-corrected chi connectivity index (χ0v) is 10.4. The van der Waals surface area contributed by atoms with Gasteiger partial charge in [0, 0.05) is 13.5 Å². The predicted molar refractivity (Wildman–Crippen MR) is 64.3 cm³/mol. The molecule has 0 aromatic heterocycles. The summed E-state index contributed by atoms with van der Waals surface area (Å²) in [4.78, 5) is 11.3. The number of methoxy groups -OCH3 is 1. The van der Waals surface area contributed by atoms with Crippen molar-refractivity contribution in [1.82, 2.24) is 0 Å².